The molecule has 1 atom stereocenters. The smallest absolute Gasteiger partial charge is 0.325 e. The number of hydrogen-bond acceptors (Lipinski definition) is 3. The van der Waals surface area contributed by atoms with Gasteiger partial charge in [0.2, 0.25) is 0 Å². The van der Waals surface area contributed by atoms with Crippen LogP contribution in [0.2, 0.25) is 0 Å². The molecule has 4 nitrogen and oxygen atoms in total. The van der Waals surface area contributed by atoms with Gasteiger partial charge in [0, 0.05) is 5.39 Å². The van der Waals surface area contributed by atoms with Gasteiger partial charge >= 0.3 is 5.97 Å². The molecule has 2 N–H and O–H groups in total. The van der Waals surface area contributed by atoms with E-state index in [2.05, 4.69) is 5.32 Å². The lowest BCUT2D eigenvalue weighted by atomic mass is 10.2. The molecule has 0 spiro atoms. The van der Waals surface area contributed by atoms with Gasteiger partial charge in [-0.1, -0.05) is 12.1 Å². The molecule has 0 aliphatic heterocycles. The number of furan rings is 1. The number of para-hydroxylation sites is 1. The molecule has 0 amide bonds. The SMILES string of the molecule is C[C@H](Nc1coc2ccccc12)C(=O)O. The first-order valence-corrected chi connectivity index (χ1v) is 4.64. The van der Waals surface area contributed by atoms with E-state index in [1.54, 1.807) is 6.92 Å². The summed E-state index contributed by atoms with van der Waals surface area (Å²) in [5, 5.41) is 12.5. The zero-order valence-corrected chi connectivity index (χ0v) is 8.23. The molecule has 78 valence electrons. The number of benzene rings is 1. The molecule has 4 heteroatoms. The van der Waals surface area contributed by atoms with Crippen LogP contribution < -0.4 is 5.32 Å². The van der Waals surface area contributed by atoms with Gasteiger partial charge in [-0.2, -0.15) is 0 Å². The molecule has 0 saturated heterocycles. The molecule has 0 aliphatic carbocycles. The van der Waals surface area contributed by atoms with Gasteiger partial charge in [0.05, 0.1) is 5.69 Å². The van der Waals surface area contributed by atoms with Crippen LogP contribution in [0, 0.1) is 0 Å². The van der Waals surface area contributed by atoms with E-state index in [0.717, 1.165) is 11.0 Å². The highest BCUT2D eigenvalue weighted by atomic mass is 16.4. The minimum atomic E-state index is -0.889. The van der Waals surface area contributed by atoms with Crippen LogP contribution in [-0.2, 0) is 4.79 Å². The number of hydrogen-bond donors (Lipinski definition) is 2. The van der Waals surface area contributed by atoms with Crippen molar-refractivity contribution >= 4 is 22.6 Å². The number of aliphatic carboxylic acids is 1. The summed E-state index contributed by atoms with van der Waals surface area (Å²) in [6, 6.07) is 6.85. The van der Waals surface area contributed by atoms with Crippen molar-refractivity contribution in [2.75, 3.05) is 5.32 Å². The highest BCUT2D eigenvalue weighted by Crippen LogP contribution is 2.25. The first kappa shape index (κ1) is 9.58. The third-order valence-electron chi connectivity index (χ3n) is 2.22. The molecule has 0 radical (unpaired) electrons. The third kappa shape index (κ3) is 1.79. The molecule has 0 aliphatic rings. The van der Waals surface area contributed by atoms with Crippen LogP contribution in [0.1, 0.15) is 6.92 Å². The van der Waals surface area contributed by atoms with E-state index >= 15 is 0 Å². The van der Waals surface area contributed by atoms with Crippen LogP contribution in [0.3, 0.4) is 0 Å². The summed E-state index contributed by atoms with van der Waals surface area (Å²) < 4.78 is 5.27. The summed E-state index contributed by atoms with van der Waals surface area (Å²) in [6.45, 7) is 1.59. The quantitative estimate of drug-likeness (QED) is 0.807. The Morgan fingerprint density at radius 1 is 1.47 bits per heavy atom. The van der Waals surface area contributed by atoms with Gasteiger partial charge in [0.25, 0.3) is 0 Å². The number of nitrogens with one attached hydrogen (secondary N) is 1. The first-order valence-electron chi connectivity index (χ1n) is 4.64. The fourth-order valence-corrected chi connectivity index (χ4v) is 1.38. The summed E-state index contributed by atoms with van der Waals surface area (Å²) >= 11 is 0. The molecule has 1 heterocycles. The summed E-state index contributed by atoms with van der Waals surface area (Å²) in [7, 11) is 0. The molecule has 1 aromatic carbocycles. The van der Waals surface area contributed by atoms with Crippen LogP contribution in [-0.4, -0.2) is 17.1 Å². The van der Waals surface area contributed by atoms with Crippen LogP contribution in [0.4, 0.5) is 5.69 Å². The Balaban J connectivity index is 2.32. The van der Waals surface area contributed by atoms with E-state index in [1.807, 2.05) is 24.3 Å². The van der Waals surface area contributed by atoms with Gasteiger partial charge in [-0.15, -0.1) is 0 Å². The van der Waals surface area contributed by atoms with E-state index in [-0.39, 0.29) is 0 Å². The molecule has 1 aromatic heterocycles. The maximum atomic E-state index is 10.7. The molecule has 2 aromatic rings. The van der Waals surface area contributed by atoms with Gasteiger partial charge in [0.1, 0.15) is 17.9 Å². The predicted molar refractivity (Wildman–Crippen MR) is 56.9 cm³/mol. The minimum absolute atomic E-state index is 0.633. The van der Waals surface area contributed by atoms with E-state index in [9.17, 15) is 4.79 Å². The molecule has 2 rings (SSSR count). The van der Waals surface area contributed by atoms with E-state index < -0.39 is 12.0 Å². The minimum Gasteiger partial charge on any atom is -0.480 e. The van der Waals surface area contributed by atoms with Gasteiger partial charge < -0.3 is 14.8 Å². The first-order chi connectivity index (χ1) is 7.18. The topological polar surface area (TPSA) is 62.5 Å². The monoisotopic (exact) mass is 205 g/mol. The molecule has 0 bridgehead atoms. The van der Waals surface area contributed by atoms with Gasteiger partial charge in [0.15, 0.2) is 0 Å². The zero-order chi connectivity index (χ0) is 10.8. The Labute approximate surface area is 86.5 Å². The molecule has 15 heavy (non-hydrogen) atoms. The van der Waals surface area contributed by atoms with Crippen molar-refractivity contribution < 1.29 is 14.3 Å². The number of carbonyl (C=O) groups is 1. The second-order valence-corrected chi connectivity index (χ2v) is 3.35. The fraction of sp³-hybridized carbons (Fsp3) is 0.182. The number of carboxylic acid groups (broad SMARTS) is 1. The molecule has 0 saturated carbocycles. The largest absolute Gasteiger partial charge is 0.480 e. The van der Waals surface area contributed by atoms with Crippen LogP contribution in [0.25, 0.3) is 11.0 Å². The van der Waals surface area contributed by atoms with E-state index in [1.165, 1.54) is 6.26 Å². The summed E-state index contributed by atoms with van der Waals surface area (Å²) in [5.74, 6) is -0.889. The number of fused-ring (bicyclic) bond motifs is 1. The van der Waals surface area contributed by atoms with Crippen molar-refractivity contribution in [2.45, 2.75) is 13.0 Å². The van der Waals surface area contributed by atoms with Crippen molar-refractivity contribution in [2.24, 2.45) is 0 Å². The Bertz CT molecular complexity index is 489. The molecular weight excluding hydrogens is 194 g/mol. The fourth-order valence-electron chi connectivity index (χ4n) is 1.38. The standard InChI is InChI=1S/C11H11NO3/c1-7(11(13)14)12-9-6-15-10-5-3-2-4-8(9)10/h2-7,12H,1H3,(H,13,14)/t7-/m0/s1. The van der Waals surface area contributed by atoms with Crippen molar-refractivity contribution in [3.8, 4) is 0 Å². The number of anilines is 1. The van der Waals surface area contributed by atoms with Crippen LogP contribution >= 0.6 is 0 Å². The maximum Gasteiger partial charge on any atom is 0.325 e. The molecular formula is C11H11NO3. The Hall–Kier alpha value is -1.97. The summed E-state index contributed by atoms with van der Waals surface area (Å²) in [5.41, 5.74) is 1.46. The third-order valence-corrected chi connectivity index (χ3v) is 2.22. The van der Waals surface area contributed by atoms with Crippen LogP contribution in [0.15, 0.2) is 34.9 Å². The van der Waals surface area contributed by atoms with Crippen molar-refractivity contribution in [1.29, 1.82) is 0 Å². The van der Waals surface area contributed by atoms with Crippen LogP contribution in [0.5, 0.6) is 0 Å². The molecule has 0 unspecified atom stereocenters. The molecule has 0 fully saturated rings. The zero-order valence-electron chi connectivity index (χ0n) is 8.23. The normalized spacial score (nSPS) is 12.6. The average Bonchev–Trinajstić information content (AvgIpc) is 2.62. The van der Waals surface area contributed by atoms with E-state index in [0.29, 0.717) is 5.69 Å². The lowest BCUT2D eigenvalue weighted by Crippen LogP contribution is -2.25. The highest BCUT2D eigenvalue weighted by molar-refractivity contribution is 5.92. The lowest BCUT2D eigenvalue weighted by molar-refractivity contribution is -0.137. The second-order valence-electron chi connectivity index (χ2n) is 3.35. The van der Waals surface area contributed by atoms with Gasteiger partial charge in [-0.25, -0.2) is 0 Å². The maximum absolute atomic E-state index is 10.7. The predicted octanol–water partition coefficient (Wildman–Crippen LogP) is 2.32. The highest BCUT2D eigenvalue weighted by Gasteiger charge is 2.13. The van der Waals surface area contributed by atoms with Crippen molar-refractivity contribution in [3.05, 3.63) is 30.5 Å². The van der Waals surface area contributed by atoms with Gasteiger partial charge in [-0.3, -0.25) is 4.79 Å². The average molecular weight is 205 g/mol. The number of carboxylic acids is 1. The summed E-state index contributed by atoms with van der Waals surface area (Å²) in [6.07, 6.45) is 1.53. The Morgan fingerprint density at radius 2 is 2.20 bits per heavy atom. The van der Waals surface area contributed by atoms with Gasteiger partial charge in [-0.05, 0) is 19.1 Å². The lowest BCUT2D eigenvalue weighted by Gasteiger charge is -2.08. The Morgan fingerprint density at radius 3 is 2.93 bits per heavy atom. The van der Waals surface area contributed by atoms with Crippen molar-refractivity contribution in [3.63, 3.8) is 0 Å². The van der Waals surface area contributed by atoms with Crippen molar-refractivity contribution in [1.82, 2.24) is 0 Å². The Kier molecular flexibility index (Phi) is 2.33. The second kappa shape index (κ2) is 3.65. The summed E-state index contributed by atoms with van der Waals surface area (Å²) in [4.78, 5) is 10.7. The van der Waals surface area contributed by atoms with E-state index in [4.69, 9.17) is 9.52 Å². The number of rotatable bonds is 3.